The Labute approximate surface area is 145 Å². The van der Waals surface area contributed by atoms with Crippen LogP contribution in [0.1, 0.15) is 42.4 Å². The summed E-state index contributed by atoms with van der Waals surface area (Å²) in [6.07, 6.45) is -6.30. The molecule has 0 aliphatic heterocycles. The highest BCUT2D eigenvalue weighted by atomic mass is 19.4. The maximum Gasteiger partial charge on any atom is 0.416 e. The van der Waals surface area contributed by atoms with E-state index in [1.807, 2.05) is 0 Å². The molecule has 0 unspecified atom stereocenters. The third kappa shape index (κ3) is 5.76. The van der Waals surface area contributed by atoms with Crippen molar-refractivity contribution in [3.8, 4) is 0 Å². The molecule has 0 radical (unpaired) electrons. The summed E-state index contributed by atoms with van der Waals surface area (Å²) in [6.45, 7) is 0. The van der Waals surface area contributed by atoms with Gasteiger partial charge in [-0.1, -0.05) is 0 Å². The van der Waals surface area contributed by atoms with Crippen LogP contribution in [0.4, 0.5) is 26.3 Å². The van der Waals surface area contributed by atoms with Crippen LogP contribution in [0.3, 0.4) is 0 Å². The van der Waals surface area contributed by atoms with Crippen LogP contribution >= 0.6 is 0 Å². The number of amides is 1. The number of alkyl halides is 6. The summed E-state index contributed by atoms with van der Waals surface area (Å²) < 4.78 is 76.7. The SMILES string of the molecule is O=C(/C=C/c1cc(C(F)(F)F)cc(C(F)(F)F)c1)NC1CCC(O)CC1. The van der Waals surface area contributed by atoms with Gasteiger partial charge in [0, 0.05) is 12.1 Å². The molecule has 2 rings (SSSR count). The number of halogens is 6. The molecule has 0 saturated heterocycles. The first-order valence-electron chi connectivity index (χ1n) is 7.91. The molecule has 1 amide bonds. The van der Waals surface area contributed by atoms with E-state index in [1.54, 1.807) is 0 Å². The van der Waals surface area contributed by atoms with Crippen LogP contribution in [-0.4, -0.2) is 23.2 Å². The first-order chi connectivity index (χ1) is 11.9. The van der Waals surface area contributed by atoms with Crippen molar-refractivity contribution >= 4 is 12.0 Å². The van der Waals surface area contributed by atoms with Gasteiger partial charge in [-0.15, -0.1) is 0 Å². The summed E-state index contributed by atoms with van der Waals surface area (Å²) in [6, 6.07) is 0.958. The van der Waals surface area contributed by atoms with E-state index >= 15 is 0 Å². The molecule has 0 atom stereocenters. The maximum atomic E-state index is 12.8. The van der Waals surface area contributed by atoms with Crippen LogP contribution in [0.25, 0.3) is 6.08 Å². The number of aliphatic hydroxyl groups excluding tert-OH is 1. The fourth-order valence-corrected chi connectivity index (χ4v) is 2.72. The van der Waals surface area contributed by atoms with E-state index in [0.29, 0.717) is 37.8 Å². The van der Waals surface area contributed by atoms with Crippen LogP contribution in [0.5, 0.6) is 0 Å². The highest BCUT2D eigenvalue weighted by Gasteiger charge is 2.36. The van der Waals surface area contributed by atoms with Gasteiger partial charge in [0.25, 0.3) is 0 Å². The number of rotatable bonds is 3. The third-order valence-corrected chi connectivity index (χ3v) is 4.08. The van der Waals surface area contributed by atoms with Gasteiger partial charge in [-0.2, -0.15) is 26.3 Å². The van der Waals surface area contributed by atoms with Crippen LogP contribution in [0, 0.1) is 0 Å². The minimum absolute atomic E-state index is 0.0325. The lowest BCUT2D eigenvalue weighted by Gasteiger charge is -2.25. The van der Waals surface area contributed by atoms with Gasteiger partial charge in [0.2, 0.25) is 5.91 Å². The molecule has 0 aromatic heterocycles. The number of benzene rings is 1. The summed E-state index contributed by atoms with van der Waals surface area (Å²) in [7, 11) is 0. The normalized spacial score (nSPS) is 21.8. The van der Waals surface area contributed by atoms with Crippen molar-refractivity contribution in [2.75, 3.05) is 0 Å². The minimum atomic E-state index is -4.94. The quantitative estimate of drug-likeness (QED) is 0.610. The maximum absolute atomic E-state index is 12.8. The first kappa shape index (κ1) is 20.3. The van der Waals surface area contributed by atoms with Crippen molar-refractivity contribution in [3.63, 3.8) is 0 Å². The average molecular weight is 381 g/mol. The number of carbonyl (C=O) groups excluding carboxylic acids is 1. The minimum Gasteiger partial charge on any atom is -0.393 e. The average Bonchev–Trinajstić information content (AvgIpc) is 2.53. The van der Waals surface area contributed by atoms with Gasteiger partial charge >= 0.3 is 12.4 Å². The highest BCUT2D eigenvalue weighted by Crippen LogP contribution is 2.36. The van der Waals surface area contributed by atoms with Crippen molar-refractivity contribution in [3.05, 3.63) is 41.0 Å². The van der Waals surface area contributed by atoms with E-state index in [1.165, 1.54) is 0 Å². The van der Waals surface area contributed by atoms with Gasteiger partial charge in [0.15, 0.2) is 0 Å². The predicted octanol–water partition coefficient (Wildman–Crippen LogP) is 4.16. The molecule has 1 aromatic rings. The fourth-order valence-electron chi connectivity index (χ4n) is 2.72. The van der Waals surface area contributed by atoms with Crippen LogP contribution < -0.4 is 5.32 Å². The molecule has 26 heavy (non-hydrogen) atoms. The lowest BCUT2D eigenvalue weighted by atomic mass is 9.93. The van der Waals surface area contributed by atoms with Crippen LogP contribution in [-0.2, 0) is 17.1 Å². The van der Waals surface area contributed by atoms with Crippen molar-refractivity contribution in [1.82, 2.24) is 5.32 Å². The van der Waals surface area contributed by atoms with Crippen LogP contribution in [0.2, 0.25) is 0 Å². The second kappa shape index (κ2) is 7.69. The molecule has 1 aliphatic rings. The Morgan fingerprint density at radius 2 is 1.46 bits per heavy atom. The first-order valence-corrected chi connectivity index (χ1v) is 7.91. The molecule has 1 saturated carbocycles. The van der Waals surface area contributed by atoms with Gasteiger partial charge in [0.1, 0.15) is 0 Å². The number of hydrogen-bond acceptors (Lipinski definition) is 2. The summed E-state index contributed by atoms with van der Waals surface area (Å²) in [4.78, 5) is 11.8. The van der Waals surface area contributed by atoms with E-state index in [9.17, 15) is 36.2 Å². The molecular weight excluding hydrogens is 364 g/mol. The zero-order valence-electron chi connectivity index (χ0n) is 13.5. The monoisotopic (exact) mass is 381 g/mol. The third-order valence-electron chi connectivity index (χ3n) is 4.08. The predicted molar refractivity (Wildman–Crippen MR) is 81.9 cm³/mol. The molecule has 2 N–H and O–H groups in total. The lowest BCUT2D eigenvalue weighted by molar-refractivity contribution is -0.143. The standard InChI is InChI=1S/C17H17F6NO2/c18-16(19,20)11-7-10(8-12(9-11)17(21,22)23)1-6-15(26)24-13-2-4-14(25)5-3-13/h1,6-9,13-14,25H,2-5H2,(H,24,26)/b6-1+. The summed E-state index contributed by atoms with van der Waals surface area (Å²) >= 11 is 0. The molecule has 144 valence electrons. The fraction of sp³-hybridized carbons (Fsp3) is 0.471. The van der Waals surface area contributed by atoms with Gasteiger partial charge in [0.05, 0.1) is 17.2 Å². The Balaban J connectivity index is 2.14. The molecule has 1 fully saturated rings. The van der Waals surface area contributed by atoms with E-state index < -0.39 is 35.5 Å². The Bertz CT molecular complexity index is 641. The van der Waals surface area contributed by atoms with Gasteiger partial charge < -0.3 is 10.4 Å². The summed E-state index contributed by atoms with van der Waals surface area (Å²) in [5.41, 5.74) is -3.25. The topological polar surface area (TPSA) is 49.3 Å². The zero-order valence-corrected chi connectivity index (χ0v) is 13.5. The molecule has 0 heterocycles. The molecular formula is C17H17F6NO2. The molecule has 0 bridgehead atoms. The van der Waals surface area contributed by atoms with E-state index in [4.69, 9.17) is 0 Å². The van der Waals surface area contributed by atoms with Crippen molar-refractivity contribution in [2.24, 2.45) is 0 Å². The Morgan fingerprint density at radius 3 is 1.92 bits per heavy atom. The van der Waals surface area contributed by atoms with Crippen molar-refractivity contribution in [2.45, 2.75) is 50.2 Å². The molecule has 1 aromatic carbocycles. The largest absolute Gasteiger partial charge is 0.416 e. The number of carbonyl (C=O) groups is 1. The number of nitrogens with one attached hydrogen (secondary N) is 1. The van der Waals surface area contributed by atoms with Gasteiger partial charge in [-0.3, -0.25) is 4.79 Å². The van der Waals surface area contributed by atoms with Crippen molar-refractivity contribution < 1.29 is 36.2 Å². The Hall–Kier alpha value is -2.03. The molecule has 1 aliphatic carbocycles. The van der Waals surface area contributed by atoms with Crippen LogP contribution in [0.15, 0.2) is 24.3 Å². The van der Waals surface area contributed by atoms with E-state index in [2.05, 4.69) is 5.32 Å². The summed E-state index contributed by atoms with van der Waals surface area (Å²) in [5, 5.41) is 12.0. The number of aliphatic hydroxyl groups is 1. The highest BCUT2D eigenvalue weighted by molar-refractivity contribution is 5.92. The molecule has 3 nitrogen and oxygen atoms in total. The van der Waals surface area contributed by atoms with E-state index in [-0.39, 0.29) is 17.7 Å². The Morgan fingerprint density at radius 1 is 0.962 bits per heavy atom. The number of hydrogen-bond donors (Lipinski definition) is 2. The van der Waals surface area contributed by atoms with E-state index in [0.717, 1.165) is 12.2 Å². The molecule has 0 spiro atoms. The Kier molecular flexibility index (Phi) is 6.00. The zero-order chi connectivity index (χ0) is 19.5. The molecule has 9 heteroatoms. The smallest absolute Gasteiger partial charge is 0.393 e. The second-order valence-corrected chi connectivity index (χ2v) is 6.19. The summed E-state index contributed by atoms with van der Waals surface area (Å²) in [5.74, 6) is -0.614. The van der Waals surface area contributed by atoms with Gasteiger partial charge in [-0.05, 0) is 55.5 Å². The van der Waals surface area contributed by atoms with Gasteiger partial charge in [-0.25, -0.2) is 0 Å². The lowest BCUT2D eigenvalue weighted by Crippen LogP contribution is -2.37. The van der Waals surface area contributed by atoms with Crippen molar-refractivity contribution in [1.29, 1.82) is 0 Å². The second-order valence-electron chi connectivity index (χ2n) is 6.19.